The molecular formula is C25H22N3+. The van der Waals surface area contributed by atoms with Crippen molar-refractivity contribution in [1.29, 1.82) is 0 Å². The van der Waals surface area contributed by atoms with Crippen molar-refractivity contribution in [2.75, 3.05) is 19.0 Å². The van der Waals surface area contributed by atoms with Crippen molar-refractivity contribution in [3.8, 4) is 0 Å². The maximum absolute atomic E-state index is 2.48. The number of benzene rings is 3. The lowest BCUT2D eigenvalue weighted by Crippen LogP contribution is -2.29. The van der Waals surface area contributed by atoms with Crippen molar-refractivity contribution in [3.63, 3.8) is 0 Å². The van der Waals surface area contributed by atoms with Gasteiger partial charge in [0.25, 0.3) is 0 Å². The van der Waals surface area contributed by atoms with Gasteiger partial charge in [0.15, 0.2) is 6.20 Å². The van der Waals surface area contributed by atoms with E-state index in [1.807, 2.05) is 0 Å². The van der Waals surface area contributed by atoms with Crippen LogP contribution in [-0.4, -0.2) is 18.5 Å². The molecular weight excluding hydrogens is 342 g/mol. The average Bonchev–Trinajstić information content (AvgIpc) is 3.03. The molecule has 3 aromatic heterocycles. The summed E-state index contributed by atoms with van der Waals surface area (Å²) in [5.74, 6) is 0. The van der Waals surface area contributed by atoms with Crippen LogP contribution in [0.15, 0.2) is 60.8 Å². The summed E-state index contributed by atoms with van der Waals surface area (Å²) in [5.41, 5.74) is 7.74. The van der Waals surface area contributed by atoms with Crippen LogP contribution in [0.3, 0.4) is 0 Å². The highest BCUT2D eigenvalue weighted by molar-refractivity contribution is 6.26. The van der Waals surface area contributed by atoms with E-state index in [1.165, 1.54) is 60.2 Å². The molecule has 0 bridgehead atoms. The molecule has 0 amide bonds. The molecule has 6 rings (SSSR count). The normalized spacial score (nSPS) is 12.3. The summed E-state index contributed by atoms with van der Waals surface area (Å²) >= 11 is 0. The summed E-state index contributed by atoms with van der Waals surface area (Å²) in [4.78, 5) is 2.19. The summed E-state index contributed by atoms with van der Waals surface area (Å²) in [6, 6.07) is 20.2. The molecule has 3 aromatic carbocycles. The third-order valence-electron chi connectivity index (χ3n) is 6.24. The van der Waals surface area contributed by atoms with Gasteiger partial charge in [-0.2, -0.15) is 0 Å². The van der Waals surface area contributed by atoms with E-state index in [-0.39, 0.29) is 0 Å². The van der Waals surface area contributed by atoms with Gasteiger partial charge >= 0.3 is 0 Å². The van der Waals surface area contributed by atoms with Crippen LogP contribution >= 0.6 is 0 Å². The van der Waals surface area contributed by atoms with Crippen LogP contribution in [0.5, 0.6) is 0 Å². The Labute approximate surface area is 163 Å². The van der Waals surface area contributed by atoms with E-state index < -0.39 is 0 Å². The Bertz CT molecular complexity index is 1550. The fourth-order valence-electron chi connectivity index (χ4n) is 4.91. The molecule has 0 aliphatic rings. The summed E-state index contributed by atoms with van der Waals surface area (Å²) in [6.45, 7) is 2.23. The van der Waals surface area contributed by atoms with Gasteiger partial charge in [-0.3, -0.25) is 0 Å². The summed E-state index contributed by atoms with van der Waals surface area (Å²) < 4.78 is 4.76. The van der Waals surface area contributed by atoms with Gasteiger partial charge in [0.1, 0.15) is 7.05 Å². The monoisotopic (exact) mass is 364 g/mol. The Balaban J connectivity index is 2.10. The molecule has 0 atom stereocenters. The molecule has 0 saturated carbocycles. The van der Waals surface area contributed by atoms with Gasteiger partial charge in [0.2, 0.25) is 5.52 Å². The van der Waals surface area contributed by atoms with Gasteiger partial charge in [0, 0.05) is 36.6 Å². The van der Waals surface area contributed by atoms with E-state index in [0.29, 0.717) is 0 Å². The SMILES string of the molecule is Cc1ccc2c3ccccc3n3c4cc(N(C)C)cc5cc[n+](C)c(c1c23)c54. The number of hydrogen-bond donors (Lipinski definition) is 0. The van der Waals surface area contributed by atoms with Gasteiger partial charge in [-0.25, -0.2) is 4.57 Å². The number of pyridine rings is 2. The standard InChI is InChI=1S/C25H22N3/c1-15-9-10-19-18-7-5-6-8-20(18)28-21-14-17(26(2)3)13-16-11-12-27(4)25(23(16)21)22(15)24(19)28/h5-14H,1-4H3/q+1. The smallest absolute Gasteiger partial charge is 0.224 e. The second-order valence-corrected chi connectivity index (χ2v) is 8.10. The molecule has 0 N–H and O–H groups in total. The maximum atomic E-state index is 2.48. The first-order valence-electron chi connectivity index (χ1n) is 9.73. The Morgan fingerprint density at radius 3 is 2.50 bits per heavy atom. The summed E-state index contributed by atoms with van der Waals surface area (Å²) in [7, 11) is 6.39. The zero-order valence-corrected chi connectivity index (χ0v) is 16.6. The largest absolute Gasteiger partial charge is 0.378 e. The fourth-order valence-corrected chi connectivity index (χ4v) is 4.91. The van der Waals surface area contributed by atoms with Gasteiger partial charge in [0.05, 0.1) is 27.3 Å². The number of nitrogens with zero attached hydrogens (tertiary/aromatic N) is 3. The number of aryl methyl sites for hydroxylation is 2. The third kappa shape index (κ3) is 1.76. The molecule has 3 heteroatoms. The minimum atomic E-state index is 1.23. The van der Waals surface area contributed by atoms with Crippen molar-refractivity contribution >= 4 is 54.7 Å². The molecule has 0 aliphatic heterocycles. The minimum absolute atomic E-state index is 1.23. The van der Waals surface area contributed by atoms with Crippen LogP contribution in [0, 0.1) is 6.92 Å². The molecule has 3 nitrogen and oxygen atoms in total. The quantitative estimate of drug-likeness (QED) is 0.222. The second-order valence-electron chi connectivity index (χ2n) is 8.10. The van der Waals surface area contributed by atoms with Crippen LogP contribution in [0.4, 0.5) is 5.69 Å². The van der Waals surface area contributed by atoms with Gasteiger partial charge < -0.3 is 9.30 Å². The highest BCUT2D eigenvalue weighted by Gasteiger charge is 2.24. The lowest BCUT2D eigenvalue weighted by atomic mass is 9.99. The van der Waals surface area contributed by atoms with Crippen molar-refractivity contribution in [1.82, 2.24) is 4.40 Å². The first-order valence-corrected chi connectivity index (χ1v) is 9.73. The predicted octanol–water partition coefficient (Wildman–Crippen LogP) is 5.19. The molecule has 0 saturated heterocycles. The highest BCUT2D eigenvalue weighted by atomic mass is 15.1. The Hall–Kier alpha value is -3.33. The summed E-state index contributed by atoms with van der Waals surface area (Å²) in [5, 5.41) is 6.62. The molecule has 0 radical (unpaired) electrons. The number of anilines is 1. The van der Waals surface area contributed by atoms with Crippen LogP contribution in [0.25, 0.3) is 49.0 Å². The zero-order chi connectivity index (χ0) is 19.2. The number of hydrogen-bond acceptors (Lipinski definition) is 1. The van der Waals surface area contributed by atoms with Crippen molar-refractivity contribution in [2.24, 2.45) is 7.05 Å². The fraction of sp³-hybridized carbons (Fsp3) is 0.160. The van der Waals surface area contributed by atoms with Crippen LogP contribution in [-0.2, 0) is 7.05 Å². The molecule has 28 heavy (non-hydrogen) atoms. The van der Waals surface area contributed by atoms with Crippen LogP contribution in [0.1, 0.15) is 5.56 Å². The molecule has 136 valence electrons. The lowest BCUT2D eigenvalue weighted by Gasteiger charge is -2.17. The van der Waals surface area contributed by atoms with Crippen molar-refractivity contribution in [2.45, 2.75) is 6.92 Å². The summed E-state index contributed by atoms with van der Waals surface area (Å²) in [6.07, 6.45) is 2.19. The lowest BCUT2D eigenvalue weighted by molar-refractivity contribution is -0.643. The highest BCUT2D eigenvalue weighted by Crippen LogP contribution is 2.41. The minimum Gasteiger partial charge on any atom is -0.378 e. The van der Waals surface area contributed by atoms with E-state index in [2.05, 4.69) is 103 Å². The average molecular weight is 364 g/mol. The van der Waals surface area contributed by atoms with E-state index in [9.17, 15) is 0 Å². The van der Waals surface area contributed by atoms with Gasteiger partial charge in [-0.05, 0) is 36.1 Å². The maximum Gasteiger partial charge on any atom is 0.224 e. The molecule has 0 fully saturated rings. The van der Waals surface area contributed by atoms with Crippen LogP contribution < -0.4 is 9.47 Å². The third-order valence-corrected chi connectivity index (χ3v) is 6.24. The van der Waals surface area contributed by atoms with Gasteiger partial charge in [-0.1, -0.05) is 30.3 Å². The molecule has 6 aromatic rings. The van der Waals surface area contributed by atoms with Gasteiger partial charge in [-0.15, -0.1) is 0 Å². The topological polar surface area (TPSA) is 11.5 Å². The predicted molar refractivity (Wildman–Crippen MR) is 119 cm³/mol. The van der Waals surface area contributed by atoms with E-state index >= 15 is 0 Å². The number of fused-ring (bicyclic) bond motifs is 5. The molecule has 3 heterocycles. The van der Waals surface area contributed by atoms with Crippen molar-refractivity contribution < 1.29 is 4.57 Å². The van der Waals surface area contributed by atoms with Crippen LogP contribution in [0.2, 0.25) is 0 Å². The van der Waals surface area contributed by atoms with Crippen molar-refractivity contribution in [3.05, 3.63) is 66.4 Å². The van der Waals surface area contributed by atoms with E-state index in [4.69, 9.17) is 0 Å². The van der Waals surface area contributed by atoms with E-state index in [1.54, 1.807) is 0 Å². The Morgan fingerprint density at radius 1 is 0.857 bits per heavy atom. The second kappa shape index (κ2) is 5.14. The Morgan fingerprint density at radius 2 is 1.68 bits per heavy atom. The molecule has 0 aliphatic carbocycles. The molecule has 0 spiro atoms. The number of aromatic nitrogens is 2. The number of para-hydroxylation sites is 1. The molecule has 0 unspecified atom stereocenters. The number of rotatable bonds is 1. The zero-order valence-electron chi connectivity index (χ0n) is 16.6. The van der Waals surface area contributed by atoms with E-state index in [0.717, 1.165) is 0 Å². The first-order chi connectivity index (χ1) is 13.6. The first kappa shape index (κ1) is 15.7. The Kier molecular flexibility index (Phi) is 2.88.